The van der Waals surface area contributed by atoms with Gasteiger partial charge in [-0.1, -0.05) is 23.7 Å². The Bertz CT molecular complexity index is 439. The number of hydrogen-bond acceptors (Lipinski definition) is 4. The molecule has 0 radical (unpaired) electrons. The molecule has 1 aromatic rings. The zero-order chi connectivity index (χ0) is 14.3. The van der Waals surface area contributed by atoms with Crippen LogP contribution in [0.1, 0.15) is 26.3 Å². The van der Waals surface area contributed by atoms with Crippen molar-refractivity contribution < 1.29 is 9.53 Å². The van der Waals surface area contributed by atoms with Gasteiger partial charge in [-0.15, -0.1) is 0 Å². The third-order valence-corrected chi connectivity index (χ3v) is 2.81. The first kappa shape index (κ1) is 15.5. The molecular weight excluding hydrogens is 264 g/mol. The minimum absolute atomic E-state index is 0.308. The molecule has 0 heterocycles. The van der Waals surface area contributed by atoms with Crippen molar-refractivity contribution >= 4 is 23.3 Å². The molecule has 0 aliphatic heterocycles. The van der Waals surface area contributed by atoms with Gasteiger partial charge in [0.1, 0.15) is 0 Å². The average molecular weight is 283 g/mol. The molecule has 0 aliphatic carbocycles. The normalized spacial score (nSPS) is 11.3. The summed E-state index contributed by atoms with van der Waals surface area (Å²) in [6.07, 6.45) is 0. The first-order chi connectivity index (χ1) is 9.12. The Morgan fingerprint density at radius 1 is 1.21 bits per heavy atom. The summed E-state index contributed by atoms with van der Waals surface area (Å²) < 4.78 is 5.05. The number of esters is 1. The molecule has 0 N–H and O–H groups in total. The van der Waals surface area contributed by atoms with Crippen LogP contribution in [0.2, 0.25) is 5.02 Å². The van der Waals surface area contributed by atoms with E-state index in [1.54, 1.807) is 36.2 Å². The number of carbonyl (C=O) groups excluding carboxylic acids is 1. The second kappa shape index (κ2) is 7.79. The highest BCUT2D eigenvalue weighted by atomic mass is 35.5. The van der Waals surface area contributed by atoms with Crippen LogP contribution >= 0.6 is 11.6 Å². The minimum atomic E-state index is -0.420. The molecule has 1 rings (SSSR count). The standard InChI is InChI=1S/C14H19ClN2O2/c1-4-17(5-2)16-13(14(18)19-6-3)11-7-9-12(15)10-8-11/h7-10H,4-6H2,1-3H3/b16-13-. The summed E-state index contributed by atoms with van der Waals surface area (Å²) in [4.78, 5) is 12.0. The zero-order valence-electron chi connectivity index (χ0n) is 11.5. The number of hydrazone groups is 1. The highest BCUT2D eigenvalue weighted by molar-refractivity contribution is 6.43. The lowest BCUT2D eigenvalue weighted by molar-refractivity contribution is -0.135. The Kier molecular flexibility index (Phi) is 6.36. The van der Waals surface area contributed by atoms with E-state index in [9.17, 15) is 4.79 Å². The minimum Gasteiger partial charge on any atom is -0.461 e. The van der Waals surface area contributed by atoms with Crippen molar-refractivity contribution in [3.05, 3.63) is 34.9 Å². The van der Waals surface area contributed by atoms with Crippen LogP contribution < -0.4 is 0 Å². The van der Waals surface area contributed by atoms with Crippen molar-refractivity contribution in [3.8, 4) is 0 Å². The van der Waals surface area contributed by atoms with Crippen LogP contribution in [0.5, 0.6) is 0 Å². The van der Waals surface area contributed by atoms with Gasteiger partial charge in [-0.2, -0.15) is 5.10 Å². The maximum Gasteiger partial charge on any atom is 0.359 e. The van der Waals surface area contributed by atoms with Crippen LogP contribution in [-0.2, 0) is 9.53 Å². The van der Waals surface area contributed by atoms with Gasteiger partial charge in [-0.3, -0.25) is 5.01 Å². The van der Waals surface area contributed by atoms with Crippen LogP contribution in [0, 0.1) is 0 Å². The summed E-state index contributed by atoms with van der Waals surface area (Å²) >= 11 is 5.85. The fraction of sp³-hybridized carbons (Fsp3) is 0.429. The van der Waals surface area contributed by atoms with Crippen LogP contribution in [0.3, 0.4) is 0 Å². The van der Waals surface area contributed by atoms with E-state index in [4.69, 9.17) is 16.3 Å². The second-order valence-corrected chi connectivity index (χ2v) is 4.25. The third-order valence-electron chi connectivity index (χ3n) is 2.56. The molecular formula is C14H19ClN2O2. The fourth-order valence-electron chi connectivity index (χ4n) is 1.53. The Labute approximate surface area is 119 Å². The topological polar surface area (TPSA) is 41.9 Å². The van der Waals surface area contributed by atoms with Crippen molar-refractivity contribution in [1.82, 2.24) is 5.01 Å². The molecule has 0 fully saturated rings. The van der Waals surface area contributed by atoms with Gasteiger partial charge < -0.3 is 4.74 Å². The van der Waals surface area contributed by atoms with E-state index < -0.39 is 5.97 Å². The van der Waals surface area contributed by atoms with Gasteiger partial charge >= 0.3 is 5.97 Å². The molecule has 4 nitrogen and oxygen atoms in total. The molecule has 0 spiro atoms. The SMILES string of the molecule is CCOC(=O)/C(=N\N(CC)CC)c1ccc(Cl)cc1. The van der Waals surface area contributed by atoms with E-state index >= 15 is 0 Å². The summed E-state index contributed by atoms with van der Waals surface area (Å²) in [5.41, 5.74) is 1.01. The Hall–Kier alpha value is -1.55. The van der Waals surface area contributed by atoms with Crippen LogP contribution in [-0.4, -0.2) is 36.4 Å². The van der Waals surface area contributed by atoms with Crippen molar-refractivity contribution in [3.63, 3.8) is 0 Å². The van der Waals surface area contributed by atoms with Gasteiger partial charge in [0.2, 0.25) is 0 Å². The van der Waals surface area contributed by atoms with Gasteiger partial charge in [-0.05, 0) is 32.9 Å². The van der Waals surface area contributed by atoms with Gasteiger partial charge in [0.25, 0.3) is 0 Å². The highest BCUT2D eigenvalue weighted by Crippen LogP contribution is 2.12. The van der Waals surface area contributed by atoms with E-state index in [1.807, 2.05) is 13.8 Å². The highest BCUT2D eigenvalue weighted by Gasteiger charge is 2.16. The summed E-state index contributed by atoms with van der Waals surface area (Å²) in [7, 11) is 0. The van der Waals surface area contributed by atoms with E-state index in [-0.39, 0.29) is 0 Å². The first-order valence-electron chi connectivity index (χ1n) is 6.38. The van der Waals surface area contributed by atoms with Crippen molar-refractivity contribution in [2.24, 2.45) is 5.10 Å². The van der Waals surface area contributed by atoms with Crippen molar-refractivity contribution in [2.45, 2.75) is 20.8 Å². The van der Waals surface area contributed by atoms with Gasteiger partial charge in [0, 0.05) is 23.7 Å². The predicted molar refractivity (Wildman–Crippen MR) is 77.5 cm³/mol. The van der Waals surface area contributed by atoms with E-state index in [0.717, 1.165) is 13.1 Å². The van der Waals surface area contributed by atoms with Crippen LogP contribution in [0.15, 0.2) is 29.4 Å². The predicted octanol–water partition coefficient (Wildman–Crippen LogP) is 2.95. The molecule has 0 amide bonds. The third kappa shape index (κ3) is 4.56. The molecule has 1 aromatic carbocycles. The van der Waals surface area contributed by atoms with E-state index in [1.165, 1.54) is 0 Å². The number of halogens is 1. The number of hydrogen-bond donors (Lipinski definition) is 0. The number of benzene rings is 1. The summed E-state index contributed by atoms with van der Waals surface area (Å²) in [6, 6.07) is 6.99. The maximum absolute atomic E-state index is 12.0. The van der Waals surface area contributed by atoms with E-state index in [2.05, 4.69) is 5.10 Å². The summed E-state index contributed by atoms with van der Waals surface area (Å²) in [6.45, 7) is 7.52. The van der Waals surface area contributed by atoms with Gasteiger partial charge in [-0.25, -0.2) is 4.79 Å². The molecule has 0 saturated carbocycles. The monoisotopic (exact) mass is 282 g/mol. The number of rotatable bonds is 6. The van der Waals surface area contributed by atoms with Gasteiger partial charge in [0.15, 0.2) is 5.71 Å². The number of ether oxygens (including phenoxy) is 1. The first-order valence-corrected chi connectivity index (χ1v) is 6.76. The molecule has 0 bridgehead atoms. The lowest BCUT2D eigenvalue weighted by atomic mass is 10.1. The molecule has 5 heteroatoms. The Morgan fingerprint density at radius 3 is 2.26 bits per heavy atom. The van der Waals surface area contributed by atoms with Crippen molar-refractivity contribution in [2.75, 3.05) is 19.7 Å². The summed E-state index contributed by atoms with van der Waals surface area (Å²) in [5.74, 6) is -0.420. The molecule has 0 aromatic heterocycles. The van der Waals surface area contributed by atoms with Crippen LogP contribution in [0.4, 0.5) is 0 Å². The molecule has 19 heavy (non-hydrogen) atoms. The smallest absolute Gasteiger partial charge is 0.359 e. The summed E-state index contributed by atoms with van der Waals surface area (Å²) in [5, 5.41) is 6.79. The van der Waals surface area contributed by atoms with E-state index in [0.29, 0.717) is 22.9 Å². The largest absolute Gasteiger partial charge is 0.461 e. The molecule has 0 aliphatic rings. The maximum atomic E-state index is 12.0. The Morgan fingerprint density at radius 2 is 1.79 bits per heavy atom. The number of nitrogens with zero attached hydrogens (tertiary/aromatic N) is 2. The zero-order valence-corrected chi connectivity index (χ0v) is 12.3. The van der Waals surface area contributed by atoms with Crippen molar-refractivity contribution in [1.29, 1.82) is 0 Å². The molecule has 104 valence electrons. The fourth-order valence-corrected chi connectivity index (χ4v) is 1.66. The molecule has 0 atom stereocenters. The Balaban J connectivity index is 3.11. The molecule has 0 unspecified atom stereocenters. The van der Waals surface area contributed by atoms with Crippen LogP contribution in [0.25, 0.3) is 0 Å². The quantitative estimate of drug-likeness (QED) is 0.458. The number of carbonyl (C=O) groups is 1. The molecule has 0 saturated heterocycles. The lowest BCUT2D eigenvalue weighted by Crippen LogP contribution is -2.25. The van der Waals surface area contributed by atoms with Gasteiger partial charge in [0.05, 0.1) is 6.61 Å². The average Bonchev–Trinajstić information content (AvgIpc) is 2.42. The lowest BCUT2D eigenvalue weighted by Gasteiger charge is -2.16. The second-order valence-electron chi connectivity index (χ2n) is 3.81.